The van der Waals surface area contributed by atoms with E-state index in [0.717, 1.165) is 45.1 Å². The highest BCUT2D eigenvalue weighted by Gasteiger charge is 2.36. The summed E-state index contributed by atoms with van der Waals surface area (Å²) in [4.78, 5) is 27.1. The molecule has 0 aromatic heterocycles. The van der Waals surface area contributed by atoms with Gasteiger partial charge in [-0.3, -0.25) is 4.79 Å². The van der Waals surface area contributed by atoms with E-state index >= 15 is 0 Å². The number of amides is 2. The second-order valence-electron chi connectivity index (χ2n) is 6.42. The quantitative estimate of drug-likeness (QED) is 0.751. The molecule has 0 bridgehead atoms. The van der Waals surface area contributed by atoms with Crippen LogP contribution in [0.2, 0.25) is 0 Å². The third kappa shape index (κ3) is 6.33. The molecular weight excluding hydrogens is 270 g/mol. The van der Waals surface area contributed by atoms with Crippen molar-refractivity contribution in [3.8, 4) is 0 Å². The van der Waals surface area contributed by atoms with Crippen LogP contribution in [0.15, 0.2) is 0 Å². The zero-order chi connectivity index (χ0) is 15.9. The van der Waals surface area contributed by atoms with Gasteiger partial charge in [0.1, 0.15) is 0 Å². The minimum Gasteiger partial charge on any atom is -0.481 e. The first kappa shape index (κ1) is 17.8. The van der Waals surface area contributed by atoms with E-state index in [4.69, 9.17) is 5.11 Å². The van der Waals surface area contributed by atoms with Crippen molar-refractivity contribution in [3.05, 3.63) is 0 Å². The number of carbonyl (C=O) groups excluding carboxylic acids is 1. The number of aliphatic carboxylic acids is 1. The van der Waals surface area contributed by atoms with Crippen molar-refractivity contribution in [1.82, 2.24) is 15.1 Å². The van der Waals surface area contributed by atoms with Gasteiger partial charge in [-0.25, -0.2) is 4.79 Å². The average molecular weight is 299 g/mol. The van der Waals surface area contributed by atoms with E-state index in [-0.39, 0.29) is 12.5 Å². The van der Waals surface area contributed by atoms with Gasteiger partial charge in [0.15, 0.2) is 0 Å². The molecule has 0 atom stereocenters. The Kier molecular flexibility index (Phi) is 6.95. The molecule has 0 radical (unpaired) electrons. The first-order chi connectivity index (χ1) is 9.84. The van der Waals surface area contributed by atoms with Crippen LogP contribution in [0.3, 0.4) is 0 Å². The number of hydrogen-bond donors (Lipinski definition) is 2. The van der Waals surface area contributed by atoms with Crippen molar-refractivity contribution >= 4 is 12.0 Å². The highest BCUT2D eigenvalue weighted by molar-refractivity contribution is 5.76. The van der Waals surface area contributed by atoms with Crippen LogP contribution < -0.4 is 5.32 Å². The lowest BCUT2D eigenvalue weighted by atomic mass is 9.79. The van der Waals surface area contributed by atoms with Crippen LogP contribution >= 0.6 is 0 Å². The molecule has 1 rings (SSSR count). The Bertz CT molecular complexity index is 352. The van der Waals surface area contributed by atoms with Crippen LogP contribution in [0.1, 0.15) is 44.9 Å². The summed E-state index contributed by atoms with van der Waals surface area (Å²) in [5.74, 6) is -0.840. The van der Waals surface area contributed by atoms with E-state index in [0.29, 0.717) is 6.54 Å². The smallest absolute Gasteiger partial charge is 0.317 e. The molecule has 6 heteroatoms. The van der Waals surface area contributed by atoms with Crippen LogP contribution in [0, 0.1) is 0 Å². The molecule has 1 aliphatic carbocycles. The third-order valence-corrected chi connectivity index (χ3v) is 4.12. The van der Waals surface area contributed by atoms with Gasteiger partial charge in [0.2, 0.25) is 0 Å². The maximum atomic E-state index is 12.3. The van der Waals surface area contributed by atoms with E-state index in [1.807, 2.05) is 14.1 Å². The number of urea groups is 1. The predicted molar refractivity (Wildman–Crippen MR) is 82.4 cm³/mol. The van der Waals surface area contributed by atoms with Crippen LogP contribution in [0.25, 0.3) is 0 Å². The molecule has 1 aliphatic rings. The summed E-state index contributed by atoms with van der Waals surface area (Å²) >= 11 is 0. The summed E-state index contributed by atoms with van der Waals surface area (Å²) in [5.41, 5.74) is -0.559. The van der Waals surface area contributed by atoms with Gasteiger partial charge in [-0.05, 0) is 39.9 Å². The molecule has 1 saturated carbocycles. The fourth-order valence-corrected chi connectivity index (χ4v) is 2.91. The van der Waals surface area contributed by atoms with Gasteiger partial charge < -0.3 is 20.2 Å². The Balaban J connectivity index is 2.53. The van der Waals surface area contributed by atoms with Crippen molar-refractivity contribution in [2.45, 2.75) is 50.5 Å². The Hall–Kier alpha value is -1.30. The second-order valence-corrected chi connectivity index (χ2v) is 6.42. The molecule has 2 N–H and O–H groups in total. The minimum absolute atomic E-state index is 0.0181. The zero-order valence-corrected chi connectivity index (χ0v) is 13.5. The lowest BCUT2D eigenvalue weighted by Crippen LogP contribution is -2.54. The van der Waals surface area contributed by atoms with Gasteiger partial charge in [-0.1, -0.05) is 19.3 Å². The van der Waals surface area contributed by atoms with Gasteiger partial charge in [-0.15, -0.1) is 0 Å². The summed E-state index contributed by atoms with van der Waals surface area (Å²) in [6.45, 7) is 1.60. The number of hydrogen-bond acceptors (Lipinski definition) is 3. The summed E-state index contributed by atoms with van der Waals surface area (Å²) in [6, 6.07) is -0.156. The van der Waals surface area contributed by atoms with E-state index in [9.17, 15) is 9.59 Å². The maximum absolute atomic E-state index is 12.3. The molecule has 6 nitrogen and oxygen atoms in total. The topological polar surface area (TPSA) is 72.9 Å². The Morgan fingerprint density at radius 1 is 1.10 bits per heavy atom. The van der Waals surface area contributed by atoms with Crippen molar-refractivity contribution in [3.63, 3.8) is 0 Å². The normalized spacial score (nSPS) is 17.5. The van der Waals surface area contributed by atoms with Gasteiger partial charge in [0.25, 0.3) is 0 Å². The SMILES string of the molecule is CN(C)CCCN(C)C(=O)NC1(CC(=O)O)CCCCC1. The summed E-state index contributed by atoms with van der Waals surface area (Å²) < 4.78 is 0. The lowest BCUT2D eigenvalue weighted by molar-refractivity contribution is -0.139. The maximum Gasteiger partial charge on any atom is 0.317 e. The van der Waals surface area contributed by atoms with Crippen LogP contribution in [0.4, 0.5) is 4.79 Å². The fourth-order valence-electron chi connectivity index (χ4n) is 2.91. The van der Waals surface area contributed by atoms with Gasteiger partial charge in [0, 0.05) is 13.6 Å². The zero-order valence-electron chi connectivity index (χ0n) is 13.5. The Morgan fingerprint density at radius 2 is 1.71 bits per heavy atom. The van der Waals surface area contributed by atoms with E-state index in [2.05, 4.69) is 10.2 Å². The van der Waals surface area contributed by atoms with Gasteiger partial charge in [-0.2, -0.15) is 0 Å². The van der Waals surface area contributed by atoms with Crippen molar-refractivity contribution in [2.24, 2.45) is 0 Å². The number of nitrogens with one attached hydrogen (secondary N) is 1. The van der Waals surface area contributed by atoms with Gasteiger partial charge in [0.05, 0.1) is 12.0 Å². The van der Waals surface area contributed by atoms with Crippen molar-refractivity contribution in [1.29, 1.82) is 0 Å². The van der Waals surface area contributed by atoms with Crippen molar-refractivity contribution < 1.29 is 14.7 Å². The number of carbonyl (C=O) groups is 2. The standard InChI is InChI=1S/C15H29N3O3/c1-17(2)10-7-11-18(3)14(21)16-15(12-13(19)20)8-5-4-6-9-15/h4-12H2,1-3H3,(H,16,21)(H,19,20). The largest absolute Gasteiger partial charge is 0.481 e. The average Bonchev–Trinajstić information content (AvgIpc) is 2.37. The highest BCUT2D eigenvalue weighted by atomic mass is 16.4. The molecule has 21 heavy (non-hydrogen) atoms. The van der Waals surface area contributed by atoms with Crippen LogP contribution in [-0.4, -0.2) is 66.7 Å². The molecule has 0 heterocycles. The van der Waals surface area contributed by atoms with E-state index < -0.39 is 11.5 Å². The Labute approximate surface area is 127 Å². The molecule has 0 unspecified atom stereocenters. The molecule has 1 fully saturated rings. The van der Waals surface area contributed by atoms with Crippen LogP contribution in [0.5, 0.6) is 0 Å². The minimum atomic E-state index is -0.840. The van der Waals surface area contributed by atoms with E-state index in [1.54, 1.807) is 11.9 Å². The number of rotatable bonds is 7. The summed E-state index contributed by atoms with van der Waals surface area (Å²) in [5, 5.41) is 12.1. The molecule has 0 spiro atoms. The molecular formula is C15H29N3O3. The lowest BCUT2D eigenvalue weighted by Gasteiger charge is -2.38. The first-order valence-corrected chi connectivity index (χ1v) is 7.74. The molecule has 0 aliphatic heterocycles. The third-order valence-electron chi connectivity index (χ3n) is 4.12. The molecule has 2 amide bonds. The first-order valence-electron chi connectivity index (χ1n) is 7.74. The monoisotopic (exact) mass is 299 g/mol. The van der Waals surface area contributed by atoms with E-state index in [1.165, 1.54) is 0 Å². The predicted octanol–water partition coefficient (Wildman–Crippen LogP) is 1.76. The van der Waals surface area contributed by atoms with Gasteiger partial charge >= 0.3 is 12.0 Å². The fraction of sp³-hybridized carbons (Fsp3) is 0.867. The molecule has 122 valence electrons. The number of carboxylic acids is 1. The molecule has 0 aromatic rings. The molecule has 0 saturated heterocycles. The summed E-state index contributed by atoms with van der Waals surface area (Å²) in [7, 11) is 5.77. The van der Waals surface area contributed by atoms with Crippen LogP contribution in [-0.2, 0) is 4.79 Å². The summed E-state index contributed by atoms with van der Waals surface area (Å²) in [6.07, 6.45) is 5.53. The number of nitrogens with zero attached hydrogens (tertiary/aromatic N) is 2. The number of carboxylic acid groups (broad SMARTS) is 1. The Morgan fingerprint density at radius 3 is 2.24 bits per heavy atom. The highest BCUT2D eigenvalue weighted by Crippen LogP contribution is 2.31. The van der Waals surface area contributed by atoms with Crippen molar-refractivity contribution in [2.75, 3.05) is 34.2 Å². The molecule has 0 aromatic carbocycles. The second kappa shape index (κ2) is 8.22.